The molecule has 0 radical (unpaired) electrons. The predicted molar refractivity (Wildman–Crippen MR) is 78.0 cm³/mol. The summed E-state index contributed by atoms with van der Waals surface area (Å²) in [5, 5.41) is 3.13. The Kier molecular flexibility index (Phi) is 5.13. The molecule has 1 N–H and O–H groups in total. The van der Waals surface area contributed by atoms with Gasteiger partial charge in [-0.15, -0.1) is 6.58 Å². The number of nitrogens with zero attached hydrogens (tertiary/aromatic N) is 1. The molecule has 110 valence electrons. The highest BCUT2D eigenvalue weighted by atomic mass is 35.5. The van der Waals surface area contributed by atoms with Crippen molar-refractivity contribution >= 4 is 11.6 Å². The molecule has 0 aromatic heterocycles. The monoisotopic (exact) mass is 300 g/mol. The molecule has 5 heteroatoms. The van der Waals surface area contributed by atoms with Gasteiger partial charge in [-0.2, -0.15) is 0 Å². The van der Waals surface area contributed by atoms with Crippen LogP contribution in [0.2, 0.25) is 5.02 Å². The van der Waals surface area contributed by atoms with Crippen LogP contribution in [0.15, 0.2) is 24.3 Å². The standard InChI is InChI=1S/C15H19ClF2N2/c1-10(2)9-13(20-7-5-19-6-8-20)14-11(17)3-4-12(18)15(14)16/h3-4,13,19H,1,5-9H2,2H3/t13-/m1/s1. The van der Waals surface area contributed by atoms with Crippen molar-refractivity contribution < 1.29 is 8.78 Å². The van der Waals surface area contributed by atoms with Crippen LogP contribution in [0.5, 0.6) is 0 Å². The summed E-state index contributed by atoms with van der Waals surface area (Å²) in [7, 11) is 0. The van der Waals surface area contributed by atoms with Crippen molar-refractivity contribution in [1.82, 2.24) is 10.2 Å². The summed E-state index contributed by atoms with van der Waals surface area (Å²) in [6.07, 6.45) is 0.570. The Morgan fingerprint density at radius 1 is 1.35 bits per heavy atom. The zero-order valence-electron chi connectivity index (χ0n) is 11.6. The van der Waals surface area contributed by atoms with Gasteiger partial charge in [0.2, 0.25) is 0 Å². The van der Waals surface area contributed by atoms with Gasteiger partial charge in [-0.3, -0.25) is 4.90 Å². The number of rotatable bonds is 4. The van der Waals surface area contributed by atoms with E-state index in [1.54, 1.807) is 0 Å². The second kappa shape index (κ2) is 6.66. The van der Waals surface area contributed by atoms with Gasteiger partial charge in [0, 0.05) is 37.8 Å². The molecule has 0 amide bonds. The van der Waals surface area contributed by atoms with Crippen LogP contribution in [-0.2, 0) is 0 Å². The Balaban J connectivity index is 2.40. The lowest BCUT2D eigenvalue weighted by atomic mass is 9.97. The fourth-order valence-electron chi connectivity index (χ4n) is 2.59. The van der Waals surface area contributed by atoms with Crippen LogP contribution in [0, 0.1) is 11.6 Å². The zero-order valence-corrected chi connectivity index (χ0v) is 12.3. The van der Waals surface area contributed by atoms with Gasteiger partial charge in [0.15, 0.2) is 0 Å². The molecule has 0 aliphatic carbocycles. The van der Waals surface area contributed by atoms with E-state index in [4.69, 9.17) is 11.6 Å². The van der Waals surface area contributed by atoms with Gasteiger partial charge in [0.25, 0.3) is 0 Å². The maximum absolute atomic E-state index is 14.2. The first-order valence-electron chi connectivity index (χ1n) is 6.73. The van der Waals surface area contributed by atoms with E-state index < -0.39 is 11.6 Å². The zero-order chi connectivity index (χ0) is 14.7. The molecule has 0 saturated carbocycles. The summed E-state index contributed by atoms with van der Waals surface area (Å²) in [5.41, 5.74) is 1.17. The largest absolute Gasteiger partial charge is 0.314 e. The molecule has 1 fully saturated rings. The highest BCUT2D eigenvalue weighted by molar-refractivity contribution is 6.31. The molecule has 0 bridgehead atoms. The fourth-order valence-corrected chi connectivity index (χ4v) is 2.87. The minimum atomic E-state index is -0.579. The van der Waals surface area contributed by atoms with Crippen LogP contribution in [0.4, 0.5) is 8.78 Å². The molecule has 0 unspecified atom stereocenters. The highest BCUT2D eigenvalue weighted by Crippen LogP contribution is 2.35. The topological polar surface area (TPSA) is 15.3 Å². The first-order valence-corrected chi connectivity index (χ1v) is 7.11. The smallest absolute Gasteiger partial charge is 0.142 e. The first kappa shape index (κ1) is 15.4. The minimum Gasteiger partial charge on any atom is -0.314 e. The summed E-state index contributed by atoms with van der Waals surface area (Å²) in [6, 6.07) is 1.94. The summed E-state index contributed by atoms with van der Waals surface area (Å²) >= 11 is 6.01. The summed E-state index contributed by atoms with van der Waals surface area (Å²) < 4.78 is 27.8. The molecule has 1 aromatic rings. The Bertz CT molecular complexity index is 499. The van der Waals surface area contributed by atoms with Crippen molar-refractivity contribution in [2.75, 3.05) is 26.2 Å². The molecule has 1 aliphatic heterocycles. The number of hydrogen-bond acceptors (Lipinski definition) is 2. The normalized spacial score (nSPS) is 18.0. The van der Waals surface area contributed by atoms with Gasteiger partial charge in [0.1, 0.15) is 11.6 Å². The van der Waals surface area contributed by atoms with E-state index in [0.29, 0.717) is 6.42 Å². The number of benzene rings is 1. The van der Waals surface area contributed by atoms with Crippen LogP contribution in [-0.4, -0.2) is 31.1 Å². The third-order valence-corrected chi connectivity index (χ3v) is 3.93. The van der Waals surface area contributed by atoms with Gasteiger partial charge in [-0.05, 0) is 25.5 Å². The number of halogens is 3. The van der Waals surface area contributed by atoms with Gasteiger partial charge in [0.05, 0.1) is 5.02 Å². The van der Waals surface area contributed by atoms with Crippen LogP contribution in [0.3, 0.4) is 0 Å². The maximum atomic E-state index is 14.2. The molecule has 1 atom stereocenters. The minimum absolute atomic E-state index is 0.116. The molecule has 1 heterocycles. The molecule has 2 rings (SSSR count). The van der Waals surface area contributed by atoms with E-state index in [1.807, 2.05) is 6.92 Å². The van der Waals surface area contributed by atoms with Crippen LogP contribution < -0.4 is 5.32 Å². The summed E-state index contributed by atoms with van der Waals surface area (Å²) in [4.78, 5) is 2.13. The molecule has 20 heavy (non-hydrogen) atoms. The molecular formula is C15H19ClF2N2. The van der Waals surface area contributed by atoms with E-state index in [-0.39, 0.29) is 16.6 Å². The second-order valence-corrected chi connectivity index (χ2v) is 5.60. The lowest BCUT2D eigenvalue weighted by Crippen LogP contribution is -2.45. The van der Waals surface area contributed by atoms with Gasteiger partial charge >= 0.3 is 0 Å². The number of nitrogens with one attached hydrogen (secondary N) is 1. The van der Waals surface area contributed by atoms with Crippen molar-refractivity contribution in [2.24, 2.45) is 0 Å². The third kappa shape index (κ3) is 3.37. The van der Waals surface area contributed by atoms with E-state index >= 15 is 0 Å². The van der Waals surface area contributed by atoms with E-state index in [2.05, 4.69) is 16.8 Å². The van der Waals surface area contributed by atoms with Gasteiger partial charge < -0.3 is 5.32 Å². The molecular weight excluding hydrogens is 282 g/mol. The van der Waals surface area contributed by atoms with Crippen molar-refractivity contribution in [3.63, 3.8) is 0 Å². The SMILES string of the molecule is C=C(C)C[C@H](c1c(F)ccc(F)c1Cl)N1CCNCC1. The maximum Gasteiger partial charge on any atom is 0.142 e. The Hall–Kier alpha value is -0.970. The molecule has 0 spiro atoms. The molecule has 1 saturated heterocycles. The first-order chi connectivity index (χ1) is 9.50. The van der Waals surface area contributed by atoms with Crippen LogP contribution in [0.1, 0.15) is 24.9 Å². The Morgan fingerprint density at radius 3 is 2.55 bits per heavy atom. The van der Waals surface area contributed by atoms with Crippen molar-refractivity contribution in [2.45, 2.75) is 19.4 Å². The Morgan fingerprint density at radius 2 is 1.95 bits per heavy atom. The van der Waals surface area contributed by atoms with E-state index in [0.717, 1.165) is 43.9 Å². The molecule has 1 aromatic carbocycles. The third-order valence-electron chi connectivity index (χ3n) is 3.55. The highest BCUT2D eigenvalue weighted by Gasteiger charge is 2.28. The molecule has 2 nitrogen and oxygen atoms in total. The fraction of sp³-hybridized carbons (Fsp3) is 0.467. The lowest BCUT2D eigenvalue weighted by molar-refractivity contribution is 0.169. The van der Waals surface area contributed by atoms with E-state index in [9.17, 15) is 8.78 Å². The predicted octanol–water partition coefficient (Wildman–Crippen LogP) is 3.53. The second-order valence-electron chi connectivity index (χ2n) is 5.22. The van der Waals surface area contributed by atoms with Crippen molar-refractivity contribution in [3.05, 3.63) is 46.5 Å². The van der Waals surface area contributed by atoms with Crippen LogP contribution in [0.25, 0.3) is 0 Å². The van der Waals surface area contributed by atoms with Crippen molar-refractivity contribution in [1.29, 1.82) is 0 Å². The Labute approximate surface area is 123 Å². The summed E-state index contributed by atoms with van der Waals surface area (Å²) in [5.74, 6) is -1.04. The van der Waals surface area contributed by atoms with E-state index in [1.165, 1.54) is 0 Å². The van der Waals surface area contributed by atoms with Crippen molar-refractivity contribution in [3.8, 4) is 0 Å². The average Bonchev–Trinajstić information content (AvgIpc) is 2.43. The quantitative estimate of drug-likeness (QED) is 0.676. The number of piperazine rings is 1. The number of hydrogen-bond donors (Lipinski definition) is 1. The molecule has 1 aliphatic rings. The summed E-state index contributed by atoms with van der Waals surface area (Å²) in [6.45, 7) is 9.02. The van der Waals surface area contributed by atoms with Crippen LogP contribution >= 0.6 is 11.6 Å². The lowest BCUT2D eigenvalue weighted by Gasteiger charge is -2.36. The van der Waals surface area contributed by atoms with Gasteiger partial charge in [-0.25, -0.2) is 8.78 Å². The van der Waals surface area contributed by atoms with Gasteiger partial charge in [-0.1, -0.05) is 17.2 Å². The average molecular weight is 301 g/mol.